The van der Waals surface area contributed by atoms with Crippen LogP contribution in [0.1, 0.15) is 18.4 Å². The summed E-state index contributed by atoms with van der Waals surface area (Å²) in [4.78, 5) is 6.57. The minimum Gasteiger partial charge on any atom is -0.481 e. The van der Waals surface area contributed by atoms with E-state index in [1.807, 2.05) is 6.07 Å². The predicted octanol–water partition coefficient (Wildman–Crippen LogP) is 1.01. The lowest BCUT2D eigenvalue weighted by atomic mass is 10.1. The molecule has 88 valence electrons. The summed E-state index contributed by atoms with van der Waals surface area (Å²) in [6, 6.07) is 4.32. The summed E-state index contributed by atoms with van der Waals surface area (Å²) < 4.78 is 5.24. The summed E-state index contributed by atoms with van der Waals surface area (Å²) >= 11 is 0. The van der Waals surface area contributed by atoms with Crippen molar-refractivity contribution in [2.75, 3.05) is 20.2 Å². The molecule has 0 radical (unpaired) electrons. The fourth-order valence-electron chi connectivity index (χ4n) is 2.20. The highest BCUT2D eigenvalue weighted by Gasteiger charge is 2.17. The number of piperidine rings is 1. The highest BCUT2D eigenvalue weighted by Crippen LogP contribution is 2.18. The van der Waals surface area contributed by atoms with Gasteiger partial charge in [-0.1, -0.05) is 6.07 Å². The number of pyridine rings is 1. The Kier molecular flexibility index (Phi) is 3.74. The number of nitrogens with zero attached hydrogens (tertiary/aromatic N) is 2. The molecule has 2 rings (SSSR count). The molecule has 1 unspecified atom stereocenters. The quantitative estimate of drug-likeness (QED) is 0.827. The van der Waals surface area contributed by atoms with E-state index in [1.54, 1.807) is 13.3 Å². The van der Waals surface area contributed by atoms with Crippen molar-refractivity contribution >= 4 is 0 Å². The first-order valence-electron chi connectivity index (χ1n) is 5.75. The Bertz CT molecular complexity index is 343. The Balaban J connectivity index is 2.02. The van der Waals surface area contributed by atoms with E-state index in [1.165, 1.54) is 6.42 Å². The van der Waals surface area contributed by atoms with Crippen LogP contribution < -0.4 is 10.5 Å². The average Bonchev–Trinajstić information content (AvgIpc) is 2.30. The maximum atomic E-state index is 5.96. The molecule has 4 nitrogen and oxygen atoms in total. The van der Waals surface area contributed by atoms with E-state index in [2.05, 4.69) is 16.0 Å². The highest BCUT2D eigenvalue weighted by atomic mass is 16.5. The van der Waals surface area contributed by atoms with Crippen LogP contribution in [0.3, 0.4) is 0 Å². The van der Waals surface area contributed by atoms with Crippen molar-refractivity contribution in [2.24, 2.45) is 5.73 Å². The van der Waals surface area contributed by atoms with Gasteiger partial charge < -0.3 is 10.5 Å². The number of nitrogens with two attached hydrogens (primary N) is 1. The van der Waals surface area contributed by atoms with Crippen LogP contribution in [-0.4, -0.2) is 36.1 Å². The van der Waals surface area contributed by atoms with Crippen molar-refractivity contribution in [1.29, 1.82) is 0 Å². The fourth-order valence-corrected chi connectivity index (χ4v) is 2.20. The van der Waals surface area contributed by atoms with Crippen molar-refractivity contribution in [2.45, 2.75) is 25.4 Å². The average molecular weight is 221 g/mol. The van der Waals surface area contributed by atoms with E-state index in [4.69, 9.17) is 10.5 Å². The molecule has 2 heterocycles. The highest BCUT2D eigenvalue weighted by molar-refractivity contribution is 5.25. The van der Waals surface area contributed by atoms with Crippen molar-refractivity contribution in [3.8, 4) is 5.88 Å². The smallest absolute Gasteiger partial charge is 0.217 e. The Morgan fingerprint density at radius 1 is 1.62 bits per heavy atom. The zero-order valence-electron chi connectivity index (χ0n) is 9.72. The van der Waals surface area contributed by atoms with Gasteiger partial charge in [-0.3, -0.25) is 4.90 Å². The van der Waals surface area contributed by atoms with Crippen molar-refractivity contribution in [3.63, 3.8) is 0 Å². The molecule has 0 aromatic carbocycles. The number of methoxy groups -OCH3 is 1. The van der Waals surface area contributed by atoms with E-state index >= 15 is 0 Å². The van der Waals surface area contributed by atoms with Gasteiger partial charge in [0.25, 0.3) is 0 Å². The van der Waals surface area contributed by atoms with E-state index in [0.717, 1.165) is 37.5 Å². The third-order valence-electron chi connectivity index (χ3n) is 2.98. The Hall–Kier alpha value is -1.13. The number of hydrogen-bond donors (Lipinski definition) is 1. The van der Waals surface area contributed by atoms with Crippen LogP contribution in [0.4, 0.5) is 0 Å². The van der Waals surface area contributed by atoms with Crippen LogP contribution in [0, 0.1) is 0 Å². The lowest BCUT2D eigenvalue weighted by Crippen LogP contribution is -2.42. The Morgan fingerprint density at radius 3 is 3.25 bits per heavy atom. The molecular formula is C12H19N3O. The summed E-state index contributed by atoms with van der Waals surface area (Å²) in [5, 5.41) is 0. The Labute approximate surface area is 96.4 Å². The zero-order valence-corrected chi connectivity index (χ0v) is 9.72. The van der Waals surface area contributed by atoms with Gasteiger partial charge in [0.1, 0.15) is 0 Å². The summed E-state index contributed by atoms with van der Waals surface area (Å²) in [5.41, 5.74) is 7.10. The second kappa shape index (κ2) is 5.27. The first-order valence-corrected chi connectivity index (χ1v) is 5.75. The number of hydrogen-bond acceptors (Lipinski definition) is 4. The second-order valence-corrected chi connectivity index (χ2v) is 4.31. The van der Waals surface area contributed by atoms with Gasteiger partial charge in [0.2, 0.25) is 5.88 Å². The number of ether oxygens (including phenoxy) is 1. The molecule has 0 spiro atoms. The molecule has 0 amide bonds. The van der Waals surface area contributed by atoms with Crippen LogP contribution in [0.5, 0.6) is 5.88 Å². The number of likely N-dealkylation sites (tertiary alicyclic amines) is 1. The van der Waals surface area contributed by atoms with E-state index < -0.39 is 0 Å². The Morgan fingerprint density at radius 2 is 2.50 bits per heavy atom. The van der Waals surface area contributed by atoms with Crippen molar-refractivity contribution in [3.05, 3.63) is 23.9 Å². The zero-order chi connectivity index (χ0) is 11.4. The summed E-state index contributed by atoms with van der Waals surface area (Å²) in [6.07, 6.45) is 4.08. The summed E-state index contributed by atoms with van der Waals surface area (Å²) in [7, 11) is 1.66. The normalized spacial score (nSPS) is 22.0. The molecule has 1 aromatic rings. The third-order valence-corrected chi connectivity index (χ3v) is 2.98. The van der Waals surface area contributed by atoms with Crippen LogP contribution >= 0.6 is 0 Å². The molecule has 0 saturated carbocycles. The molecule has 0 bridgehead atoms. The van der Waals surface area contributed by atoms with Crippen LogP contribution in [0.2, 0.25) is 0 Å². The van der Waals surface area contributed by atoms with E-state index in [0.29, 0.717) is 6.04 Å². The summed E-state index contributed by atoms with van der Waals surface area (Å²) in [6.45, 7) is 2.97. The van der Waals surface area contributed by atoms with E-state index in [9.17, 15) is 0 Å². The van der Waals surface area contributed by atoms with Gasteiger partial charge in [-0.15, -0.1) is 0 Å². The lowest BCUT2D eigenvalue weighted by molar-refractivity contribution is 0.199. The fraction of sp³-hybridized carbons (Fsp3) is 0.583. The van der Waals surface area contributed by atoms with Gasteiger partial charge in [-0.2, -0.15) is 0 Å². The minimum atomic E-state index is 0.316. The van der Waals surface area contributed by atoms with Crippen molar-refractivity contribution < 1.29 is 4.74 Å². The van der Waals surface area contributed by atoms with Gasteiger partial charge in [0.15, 0.2) is 0 Å². The SMILES string of the molecule is COc1ncccc1CN1CCCC(N)C1. The first kappa shape index (κ1) is 11.4. The molecule has 1 fully saturated rings. The molecule has 1 atom stereocenters. The standard InChI is InChI=1S/C12H19N3O/c1-16-12-10(4-2-6-14-12)8-15-7-3-5-11(13)9-15/h2,4,6,11H,3,5,7-9,13H2,1H3. The van der Waals surface area contributed by atoms with E-state index in [-0.39, 0.29) is 0 Å². The maximum Gasteiger partial charge on any atom is 0.217 e. The molecule has 4 heteroatoms. The molecule has 1 saturated heterocycles. The topological polar surface area (TPSA) is 51.4 Å². The minimum absolute atomic E-state index is 0.316. The maximum absolute atomic E-state index is 5.96. The van der Waals surface area contributed by atoms with Gasteiger partial charge in [-0.05, 0) is 25.5 Å². The molecular weight excluding hydrogens is 202 g/mol. The molecule has 0 aliphatic carbocycles. The first-order chi connectivity index (χ1) is 7.79. The third kappa shape index (κ3) is 2.71. The molecule has 1 aliphatic heterocycles. The number of aromatic nitrogens is 1. The number of rotatable bonds is 3. The summed E-state index contributed by atoms with van der Waals surface area (Å²) in [5.74, 6) is 0.724. The van der Waals surface area contributed by atoms with Gasteiger partial charge in [0, 0.05) is 30.9 Å². The molecule has 1 aliphatic rings. The van der Waals surface area contributed by atoms with Crippen LogP contribution in [-0.2, 0) is 6.54 Å². The molecule has 16 heavy (non-hydrogen) atoms. The predicted molar refractivity (Wildman–Crippen MR) is 63.3 cm³/mol. The van der Waals surface area contributed by atoms with Gasteiger partial charge in [0.05, 0.1) is 7.11 Å². The monoisotopic (exact) mass is 221 g/mol. The van der Waals surface area contributed by atoms with Crippen molar-refractivity contribution in [1.82, 2.24) is 9.88 Å². The second-order valence-electron chi connectivity index (χ2n) is 4.31. The van der Waals surface area contributed by atoms with Crippen LogP contribution in [0.15, 0.2) is 18.3 Å². The van der Waals surface area contributed by atoms with Gasteiger partial charge in [-0.25, -0.2) is 4.98 Å². The molecule has 1 aromatic heterocycles. The largest absolute Gasteiger partial charge is 0.481 e. The lowest BCUT2D eigenvalue weighted by Gasteiger charge is -2.30. The van der Waals surface area contributed by atoms with Crippen LogP contribution in [0.25, 0.3) is 0 Å². The molecule has 2 N–H and O–H groups in total. The van der Waals surface area contributed by atoms with Gasteiger partial charge >= 0.3 is 0 Å².